The van der Waals surface area contributed by atoms with Gasteiger partial charge in [-0.2, -0.15) is 5.10 Å². The molecule has 0 saturated carbocycles. The first-order chi connectivity index (χ1) is 16.5. The summed E-state index contributed by atoms with van der Waals surface area (Å²) in [5.41, 5.74) is 4.78. The molecular formula is C19H16F2N8O5S. The van der Waals surface area contributed by atoms with E-state index in [9.17, 15) is 28.5 Å². The lowest BCUT2D eigenvalue weighted by atomic mass is 10.0. The van der Waals surface area contributed by atoms with Crippen molar-refractivity contribution in [2.24, 2.45) is 12.8 Å². The molecule has 0 radical (unpaired) electrons. The Kier molecular flexibility index (Phi) is 5.89. The van der Waals surface area contributed by atoms with Crippen molar-refractivity contribution in [2.75, 3.05) is 12.4 Å². The number of H-pyrrole nitrogens is 1. The number of halogens is 2. The van der Waals surface area contributed by atoms with Crippen molar-refractivity contribution in [3.8, 4) is 17.0 Å². The molecule has 182 valence electrons. The Balaban J connectivity index is 1.97. The largest absolute Gasteiger partial charge is 0.475 e. The van der Waals surface area contributed by atoms with E-state index < -0.39 is 46.1 Å². The lowest BCUT2D eigenvalue weighted by Gasteiger charge is -2.10. The topological polar surface area (TPSA) is 184 Å². The maximum absolute atomic E-state index is 13.6. The molecule has 0 unspecified atom stereocenters. The number of pyridine rings is 1. The normalized spacial score (nSPS) is 11.3. The summed E-state index contributed by atoms with van der Waals surface area (Å²) >= 11 is 0.697. The summed E-state index contributed by atoms with van der Waals surface area (Å²) in [5.74, 6) is -2.44. The van der Waals surface area contributed by atoms with Gasteiger partial charge in [-0.1, -0.05) is 0 Å². The Labute approximate surface area is 198 Å². The van der Waals surface area contributed by atoms with Gasteiger partial charge in [-0.3, -0.25) is 29.5 Å². The van der Waals surface area contributed by atoms with E-state index in [1.165, 1.54) is 10.9 Å². The van der Waals surface area contributed by atoms with Crippen molar-refractivity contribution >= 4 is 44.7 Å². The van der Waals surface area contributed by atoms with Gasteiger partial charge in [-0.25, -0.2) is 13.8 Å². The average Bonchev–Trinajstić information content (AvgIpc) is 3.49. The number of amides is 2. The van der Waals surface area contributed by atoms with Crippen molar-refractivity contribution in [3.63, 3.8) is 0 Å². The van der Waals surface area contributed by atoms with E-state index in [1.54, 1.807) is 14.0 Å². The van der Waals surface area contributed by atoms with E-state index in [1.807, 2.05) is 0 Å². The average molecular weight is 506 g/mol. The molecule has 0 spiro atoms. The van der Waals surface area contributed by atoms with E-state index in [4.69, 9.17) is 10.5 Å². The fourth-order valence-corrected chi connectivity index (χ4v) is 4.48. The number of carbonyl (C=O) groups is 2. The first-order valence-corrected chi connectivity index (χ1v) is 10.5. The lowest BCUT2D eigenvalue weighted by Crippen LogP contribution is -2.18. The van der Waals surface area contributed by atoms with Gasteiger partial charge >= 0.3 is 11.6 Å². The first kappa shape index (κ1) is 23.7. The number of rotatable bonds is 7. The fraction of sp³-hybridized carbons (Fsp3) is 0.211. The van der Waals surface area contributed by atoms with Gasteiger partial charge in [0.15, 0.2) is 0 Å². The highest BCUT2D eigenvalue weighted by Crippen LogP contribution is 2.43. The number of aromatic nitrogens is 5. The van der Waals surface area contributed by atoms with Crippen LogP contribution in [0, 0.1) is 17.0 Å². The Bertz CT molecular complexity index is 1510. The van der Waals surface area contributed by atoms with E-state index in [-0.39, 0.29) is 26.3 Å². The van der Waals surface area contributed by atoms with Gasteiger partial charge in [0.25, 0.3) is 18.2 Å². The molecule has 0 aliphatic rings. The number of nitrogens with two attached hydrogens (primary N) is 1. The van der Waals surface area contributed by atoms with Crippen LogP contribution < -0.4 is 15.8 Å². The monoisotopic (exact) mass is 506 g/mol. The zero-order valence-corrected chi connectivity index (χ0v) is 19.1. The van der Waals surface area contributed by atoms with Crippen LogP contribution in [0.5, 0.6) is 5.88 Å². The second-order valence-corrected chi connectivity index (χ2v) is 8.18. The SMILES string of the molecule is COc1n[nH]c(C(=O)Nc2c(C(N)=O)sc3nc(C(F)F)cc(-c4cnn(C)c4C)c23)c1[N+](=O)[O-]. The Hall–Kier alpha value is -4.47. The van der Waals surface area contributed by atoms with Gasteiger partial charge < -0.3 is 15.8 Å². The quantitative estimate of drug-likeness (QED) is 0.252. The number of hydrogen-bond donors (Lipinski definition) is 3. The number of methoxy groups -OCH3 is 1. The molecule has 0 fully saturated rings. The number of aryl methyl sites for hydroxylation is 1. The number of carbonyl (C=O) groups excluding carboxylic acids is 2. The van der Waals surface area contributed by atoms with Gasteiger partial charge in [0.1, 0.15) is 15.4 Å². The molecule has 4 N–H and O–H groups in total. The molecule has 0 aromatic carbocycles. The molecular weight excluding hydrogens is 490 g/mol. The van der Waals surface area contributed by atoms with Gasteiger partial charge in [-0.05, 0) is 18.6 Å². The zero-order chi connectivity index (χ0) is 25.6. The highest BCUT2D eigenvalue weighted by atomic mass is 32.1. The predicted octanol–water partition coefficient (Wildman–Crippen LogP) is 2.93. The summed E-state index contributed by atoms with van der Waals surface area (Å²) in [4.78, 5) is 39.6. The van der Waals surface area contributed by atoms with E-state index in [0.717, 1.165) is 13.2 Å². The van der Waals surface area contributed by atoms with Crippen LogP contribution in [-0.2, 0) is 7.05 Å². The molecule has 4 aromatic heterocycles. The van der Waals surface area contributed by atoms with Crippen molar-refractivity contribution < 1.29 is 28.0 Å². The third kappa shape index (κ3) is 3.92. The number of nitrogens with zero attached hydrogens (tertiary/aromatic N) is 5. The Morgan fingerprint density at radius 3 is 2.63 bits per heavy atom. The molecule has 0 aliphatic carbocycles. The minimum atomic E-state index is -2.92. The highest BCUT2D eigenvalue weighted by Gasteiger charge is 2.32. The summed E-state index contributed by atoms with van der Waals surface area (Å²) in [7, 11) is 2.79. The number of hydrogen-bond acceptors (Lipinski definition) is 9. The van der Waals surface area contributed by atoms with E-state index >= 15 is 0 Å². The van der Waals surface area contributed by atoms with Crippen LogP contribution in [-0.4, -0.2) is 48.8 Å². The van der Waals surface area contributed by atoms with Crippen LogP contribution in [0.4, 0.5) is 20.2 Å². The molecule has 4 heterocycles. The number of nitro groups is 1. The van der Waals surface area contributed by atoms with Crippen molar-refractivity contribution in [2.45, 2.75) is 13.3 Å². The van der Waals surface area contributed by atoms with Crippen LogP contribution >= 0.6 is 11.3 Å². The van der Waals surface area contributed by atoms with Gasteiger partial charge in [-0.15, -0.1) is 16.4 Å². The summed E-state index contributed by atoms with van der Waals surface area (Å²) in [6, 6.07) is 1.13. The molecule has 16 heteroatoms. The number of anilines is 1. The first-order valence-electron chi connectivity index (χ1n) is 9.67. The number of aromatic amines is 1. The maximum Gasteiger partial charge on any atom is 0.362 e. The standard InChI is InChI=1S/C19H16F2N8O5S/c1-6-8(5-23-28(6)2)7-4-9(15(20)21)24-19-10(7)11(14(35-19)16(22)30)25-17(31)12-13(29(32)33)18(34-3)27-26-12/h4-5,15H,1-3H3,(H2,22,30)(H,25,31)(H,26,27). The number of fused-ring (bicyclic) bond motifs is 1. The molecule has 0 atom stereocenters. The summed E-state index contributed by atoms with van der Waals surface area (Å²) < 4.78 is 33.6. The third-order valence-electron chi connectivity index (χ3n) is 5.20. The second-order valence-electron chi connectivity index (χ2n) is 7.18. The second kappa shape index (κ2) is 8.71. The number of alkyl halides is 2. The molecule has 0 bridgehead atoms. The van der Waals surface area contributed by atoms with E-state index in [0.29, 0.717) is 22.6 Å². The van der Waals surface area contributed by atoms with Gasteiger partial charge in [0, 0.05) is 23.7 Å². The van der Waals surface area contributed by atoms with Crippen LogP contribution in [0.1, 0.15) is 38.0 Å². The summed E-state index contributed by atoms with van der Waals surface area (Å²) in [5, 5.41) is 24.0. The van der Waals surface area contributed by atoms with Crippen LogP contribution in [0.15, 0.2) is 12.3 Å². The smallest absolute Gasteiger partial charge is 0.362 e. The van der Waals surface area contributed by atoms with E-state index in [2.05, 4.69) is 25.6 Å². The molecule has 4 rings (SSSR count). The molecule has 2 amide bonds. The van der Waals surface area contributed by atoms with Crippen molar-refractivity contribution in [3.05, 3.63) is 44.3 Å². The minimum Gasteiger partial charge on any atom is -0.475 e. The summed E-state index contributed by atoms with van der Waals surface area (Å²) in [6.45, 7) is 1.70. The molecule has 0 aliphatic heterocycles. The fourth-order valence-electron chi connectivity index (χ4n) is 3.46. The van der Waals surface area contributed by atoms with Crippen LogP contribution in [0.3, 0.4) is 0 Å². The van der Waals surface area contributed by atoms with Crippen molar-refractivity contribution in [1.29, 1.82) is 0 Å². The summed E-state index contributed by atoms with van der Waals surface area (Å²) in [6.07, 6.45) is -1.48. The van der Waals surface area contributed by atoms with Gasteiger partial charge in [0.05, 0.1) is 23.9 Å². The number of nitrogens with one attached hydrogen (secondary N) is 2. The Morgan fingerprint density at radius 2 is 2.09 bits per heavy atom. The number of primary amides is 1. The molecule has 35 heavy (non-hydrogen) atoms. The third-order valence-corrected chi connectivity index (χ3v) is 6.30. The molecule has 4 aromatic rings. The zero-order valence-electron chi connectivity index (χ0n) is 18.3. The molecule has 0 saturated heterocycles. The predicted molar refractivity (Wildman–Crippen MR) is 120 cm³/mol. The molecule has 13 nitrogen and oxygen atoms in total. The number of thiophene rings is 1. The number of ether oxygens (including phenoxy) is 1. The van der Waals surface area contributed by atoms with Crippen molar-refractivity contribution in [1.82, 2.24) is 25.0 Å². The van der Waals surface area contributed by atoms with Gasteiger partial charge in [0.2, 0.25) is 5.69 Å². The minimum absolute atomic E-state index is 0.00171. The maximum atomic E-state index is 13.6. The Morgan fingerprint density at radius 1 is 1.37 bits per heavy atom. The van der Waals surface area contributed by atoms with Crippen LogP contribution in [0.2, 0.25) is 0 Å². The highest BCUT2D eigenvalue weighted by molar-refractivity contribution is 7.21. The lowest BCUT2D eigenvalue weighted by molar-refractivity contribution is -0.386. The van der Waals surface area contributed by atoms with Crippen LogP contribution in [0.25, 0.3) is 21.3 Å².